The summed E-state index contributed by atoms with van der Waals surface area (Å²) in [6.07, 6.45) is -2.71. The molecule has 0 aliphatic rings. The van der Waals surface area contributed by atoms with Gasteiger partial charge in [-0.3, -0.25) is 4.55 Å². The van der Waals surface area contributed by atoms with Crippen molar-refractivity contribution in [2.45, 2.75) is 13.3 Å². The van der Waals surface area contributed by atoms with Gasteiger partial charge in [0.05, 0.1) is 5.75 Å². The monoisotopic (exact) mass is 174 g/mol. The molecule has 3 nitrogen and oxygen atoms in total. The van der Waals surface area contributed by atoms with E-state index in [9.17, 15) is 17.2 Å². The molecule has 0 radical (unpaired) electrons. The minimum absolute atomic E-state index is 0.884. The highest BCUT2D eigenvalue weighted by Crippen LogP contribution is 2.10. The second-order valence-electron chi connectivity index (χ2n) is 2.06. The lowest BCUT2D eigenvalue weighted by Gasteiger charge is -2.05. The highest BCUT2D eigenvalue weighted by atomic mass is 32.2. The lowest BCUT2D eigenvalue weighted by atomic mass is 10.2. The molecular formula is C4H8F2O3S. The fourth-order valence-electron chi connectivity index (χ4n) is 0.405. The van der Waals surface area contributed by atoms with Gasteiger partial charge in [0.25, 0.3) is 10.1 Å². The number of halogens is 2. The molecule has 0 saturated heterocycles. The second kappa shape index (κ2) is 3.25. The maximum atomic E-state index is 11.6. The van der Waals surface area contributed by atoms with Gasteiger partial charge >= 0.3 is 0 Å². The number of alkyl halides is 2. The zero-order valence-electron chi connectivity index (χ0n) is 5.29. The second-order valence-corrected chi connectivity index (χ2v) is 3.56. The van der Waals surface area contributed by atoms with Crippen LogP contribution in [0.25, 0.3) is 0 Å². The predicted molar refractivity (Wildman–Crippen MR) is 31.6 cm³/mol. The molecule has 0 amide bonds. The summed E-state index contributed by atoms with van der Waals surface area (Å²) >= 11 is 0. The van der Waals surface area contributed by atoms with E-state index < -0.39 is 28.2 Å². The maximum Gasteiger partial charge on any atom is 0.265 e. The molecular weight excluding hydrogens is 166 g/mol. The maximum absolute atomic E-state index is 11.6. The Balaban J connectivity index is 3.93. The van der Waals surface area contributed by atoms with Crippen molar-refractivity contribution in [1.82, 2.24) is 0 Å². The first-order valence-corrected chi connectivity index (χ1v) is 4.17. The van der Waals surface area contributed by atoms with Crippen molar-refractivity contribution in [3.05, 3.63) is 0 Å². The Morgan fingerprint density at radius 1 is 1.50 bits per heavy atom. The average molecular weight is 174 g/mol. The fraction of sp³-hybridized carbons (Fsp3) is 1.00. The lowest BCUT2D eigenvalue weighted by Crippen LogP contribution is -2.18. The van der Waals surface area contributed by atoms with Crippen LogP contribution in [0.15, 0.2) is 0 Å². The summed E-state index contributed by atoms with van der Waals surface area (Å²) in [7, 11) is -4.25. The predicted octanol–water partition coefficient (Wildman–Crippen LogP) is 0.775. The number of rotatable bonds is 3. The van der Waals surface area contributed by atoms with Crippen molar-refractivity contribution >= 4 is 10.1 Å². The van der Waals surface area contributed by atoms with Crippen LogP contribution in [0, 0.1) is 5.92 Å². The third-order valence-corrected chi connectivity index (χ3v) is 1.85. The third-order valence-electron chi connectivity index (χ3n) is 0.904. The molecule has 0 aromatic rings. The van der Waals surface area contributed by atoms with Crippen molar-refractivity contribution in [2.24, 2.45) is 5.92 Å². The number of hydrogen-bond donors (Lipinski definition) is 1. The van der Waals surface area contributed by atoms with E-state index in [1.807, 2.05) is 0 Å². The molecule has 0 aliphatic heterocycles. The highest BCUT2D eigenvalue weighted by molar-refractivity contribution is 7.85. The Labute approximate surface area is 57.8 Å². The molecule has 0 bridgehead atoms. The number of hydrogen-bond acceptors (Lipinski definition) is 2. The zero-order valence-corrected chi connectivity index (χ0v) is 6.11. The van der Waals surface area contributed by atoms with Gasteiger partial charge in [0, 0.05) is 5.92 Å². The van der Waals surface area contributed by atoms with Gasteiger partial charge in [-0.05, 0) is 0 Å². The topological polar surface area (TPSA) is 54.4 Å². The van der Waals surface area contributed by atoms with E-state index in [0.717, 1.165) is 6.92 Å². The Morgan fingerprint density at radius 2 is 1.90 bits per heavy atom. The molecule has 0 aromatic carbocycles. The van der Waals surface area contributed by atoms with E-state index in [1.54, 1.807) is 0 Å². The fourth-order valence-corrected chi connectivity index (χ4v) is 1.21. The largest absolute Gasteiger partial charge is 0.286 e. The van der Waals surface area contributed by atoms with Gasteiger partial charge in [0.15, 0.2) is 0 Å². The Kier molecular flexibility index (Phi) is 3.17. The Morgan fingerprint density at radius 3 is 2.00 bits per heavy atom. The van der Waals surface area contributed by atoms with Crippen molar-refractivity contribution in [3.63, 3.8) is 0 Å². The van der Waals surface area contributed by atoms with Crippen molar-refractivity contribution in [3.8, 4) is 0 Å². The van der Waals surface area contributed by atoms with Crippen LogP contribution in [0.5, 0.6) is 0 Å². The summed E-state index contributed by atoms with van der Waals surface area (Å²) in [5, 5.41) is 0. The first-order valence-electron chi connectivity index (χ1n) is 2.56. The van der Waals surface area contributed by atoms with Gasteiger partial charge in [0.1, 0.15) is 0 Å². The molecule has 0 spiro atoms. The molecule has 0 saturated carbocycles. The quantitative estimate of drug-likeness (QED) is 0.643. The van der Waals surface area contributed by atoms with Crippen LogP contribution in [0.4, 0.5) is 8.78 Å². The minimum Gasteiger partial charge on any atom is -0.286 e. The van der Waals surface area contributed by atoms with E-state index in [-0.39, 0.29) is 0 Å². The van der Waals surface area contributed by atoms with Crippen LogP contribution >= 0.6 is 0 Å². The van der Waals surface area contributed by atoms with Gasteiger partial charge in [-0.1, -0.05) is 6.92 Å². The molecule has 1 N–H and O–H groups in total. The summed E-state index contributed by atoms with van der Waals surface area (Å²) in [4.78, 5) is 0. The first-order chi connectivity index (χ1) is 4.33. The minimum atomic E-state index is -4.25. The smallest absolute Gasteiger partial charge is 0.265 e. The van der Waals surface area contributed by atoms with Crippen LogP contribution in [-0.2, 0) is 10.1 Å². The SMILES string of the molecule is CC(CS(=O)(=O)O)C(F)F. The zero-order chi connectivity index (χ0) is 8.36. The van der Waals surface area contributed by atoms with Crippen LogP contribution < -0.4 is 0 Å². The van der Waals surface area contributed by atoms with Crippen LogP contribution in [0.2, 0.25) is 0 Å². The molecule has 0 fully saturated rings. The van der Waals surface area contributed by atoms with E-state index in [1.165, 1.54) is 0 Å². The first kappa shape index (κ1) is 9.77. The average Bonchev–Trinajstić information content (AvgIpc) is 1.60. The Bertz CT molecular complexity index is 187. The molecule has 62 valence electrons. The third kappa shape index (κ3) is 4.63. The molecule has 1 atom stereocenters. The Hall–Kier alpha value is -0.230. The molecule has 0 aliphatic carbocycles. The molecule has 6 heteroatoms. The van der Waals surface area contributed by atoms with Crippen molar-refractivity contribution in [2.75, 3.05) is 5.75 Å². The van der Waals surface area contributed by atoms with E-state index >= 15 is 0 Å². The molecule has 0 heterocycles. The van der Waals surface area contributed by atoms with Gasteiger partial charge < -0.3 is 0 Å². The van der Waals surface area contributed by atoms with Crippen LogP contribution in [0.3, 0.4) is 0 Å². The van der Waals surface area contributed by atoms with Gasteiger partial charge in [-0.25, -0.2) is 8.78 Å². The summed E-state index contributed by atoms with van der Waals surface area (Å²) in [6, 6.07) is 0. The summed E-state index contributed by atoms with van der Waals surface area (Å²) in [5.41, 5.74) is 0. The normalized spacial score (nSPS) is 15.7. The van der Waals surface area contributed by atoms with E-state index in [4.69, 9.17) is 4.55 Å². The van der Waals surface area contributed by atoms with Crippen molar-refractivity contribution in [1.29, 1.82) is 0 Å². The molecule has 10 heavy (non-hydrogen) atoms. The summed E-state index contributed by atoms with van der Waals surface area (Å²) < 4.78 is 51.2. The highest BCUT2D eigenvalue weighted by Gasteiger charge is 2.20. The van der Waals surface area contributed by atoms with Gasteiger partial charge in [-0.2, -0.15) is 8.42 Å². The van der Waals surface area contributed by atoms with Gasteiger partial charge in [-0.15, -0.1) is 0 Å². The van der Waals surface area contributed by atoms with E-state index in [2.05, 4.69) is 0 Å². The van der Waals surface area contributed by atoms with Gasteiger partial charge in [0.2, 0.25) is 6.43 Å². The lowest BCUT2D eigenvalue weighted by molar-refractivity contribution is 0.0960. The molecule has 1 unspecified atom stereocenters. The molecule has 0 rings (SSSR count). The molecule has 0 aromatic heterocycles. The summed E-state index contributed by atoms with van der Waals surface area (Å²) in [6.45, 7) is 1.05. The van der Waals surface area contributed by atoms with Crippen LogP contribution in [-0.4, -0.2) is 25.1 Å². The van der Waals surface area contributed by atoms with Crippen LogP contribution in [0.1, 0.15) is 6.92 Å². The van der Waals surface area contributed by atoms with E-state index in [0.29, 0.717) is 0 Å². The van der Waals surface area contributed by atoms with Crippen molar-refractivity contribution < 1.29 is 21.8 Å². The standard InChI is InChI=1S/C4H8F2O3S/c1-3(4(5)6)2-10(7,8)9/h3-4H,2H2,1H3,(H,7,8,9). The summed E-state index contributed by atoms with van der Waals surface area (Å²) in [5.74, 6) is -2.19.